The minimum atomic E-state index is 0.486. The summed E-state index contributed by atoms with van der Waals surface area (Å²) in [6, 6.07) is 12.1. The quantitative estimate of drug-likeness (QED) is 0.678. The molecule has 0 aliphatic rings. The number of rotatable bonds is 1. The molecule has 0 atom stereocenters. The van der Waals surface area contributed by atoms with Gasteiger partial charge in [0.15, 0.2) is 0 Å². The van der Waals surface area contributed by atoms with Crippen molar-refractivity contribution in [2.24, 2.45) is 0 Å². The zero-order chi connectivity index (χ0) is 13.6. The van der Waals surface area contributed by atoms with E-state index in [2.05, 4.69) is 55.9 Å². The van der Waals surface area contributed by atoms with E-state index in [-0.39, 0.29) is 0 Å². The van der Waals surface area contributed by atoms with Crippen molar-refractivity contribution in [2.45, 2.75) is 6.92 Å². The van der Waals surface area contributed by atoms with Gasteiger partial charge in [-0.25, -0.2) is 4.98 Å². The lowest BCUT2D eigenvalue weighted by atomic mass is 10.2. The molecule has 0 amide bonds. The minimum absolute atomic E-state index is 0.486. The van der Waals surface area contributed by atoms with Gasteiger partial charge in [-0.2, -0.15) is 0 Å². The first-order valence-electron chi connectivity index (χ1n) is 5.76. The van der Waals surface area contributed by atoms with Crippen LogP contribution in [0.5, 0.6) is 0 Å². The highest BCUT2D eigenvalue weighted by atomic mass is 79.9. The molecule has 1 heterocycles. The molecule has 19 heavy (non-hydrogen) atoms. The SMILES string of the molecule is Cc1ccc(Br)c(-n2c(N)nc3cc(Br)ccc32)c1. The van der Waals surface area contributed by atoms with Gasteiger partial charge in [-0.05, 0) is 58.7 Å². The smallest absolute Gasteiger partial charge is 0.205 e. The largest absolute Gasteiger partial charge is 0.369 e. The molecule has 3 aromatic rings. The van der Waals surface area contributed by atoms with E-state index in [9.17, 15) is 0 Å². The molecule has 0 spiro atoms. The highest BCUT2D eigenvalue weighted by Crippen LogP contribution is 2.30. The van der Waals surface area contributed by atoms with Crippen molar-refractivity contribution < 1.29 is 0 Å². The van der Waals surface area contributed by atoms with Gasteiger partial charge in [0.05, 0.1) is 16.7 Å². The number of aromatic nitrogens is 2. The van der Waals surface area contributed by atoms with Gasteiger partial charge in [-0.3, -0.25) is 4.57 Å². The number of benzene rings is 2. The molecule has 0 unspecified atom stereocenters. The maximum Gasteiger partial charge on any atom is 0.205 e. The summed E-state index contributed by atoms with van der Waals surface area (Å²) in [5, 5.41) is 0. The molecule has 0 radical (unpaired) electrons. The topological polar surface area (TPSA) is 43.8 Å². The Balaban J connectivity index is 2.36. The molecule has 0 aliphatic carbocycles. The van der Waals surface area contributed by atoms with Crippen LogP contribution in [0.15, 0.2) is 45.3 Å². The van der Waals surface area contributed by atoms with Crippen LogP contribution < -0.4 is 5.73 Å². The molecule has 2 aromatic carbocycles. The van der Waals surface area contributed by atoms with Gasteiger partial charge < -0.3 is 5.73 Å². The summed E-state index contributed by atoms with van der Waals surface area (Å²) < 4.78 is 3.94. The number of hydrogen-bond acceptors (Lipinski definition) is 2. The lowest BCUT2D eigenvalue weighted by molar-refractivity contribution is 1.10. The van der Waals surface area contributed by atoms with Crippen molar-refractivity contribution in [3.8, 4) is 5.69 Å². The Labute approximate surface area is 127 Å². The van der Waals surface area contributed by atoms with Crippen molar-refractivity contribution in [2.75, 3.05) is 5.73 Å². The molecule has 96 valence electrons. The number of nitrogens with zero attached hydrogens (tertiary/aromatic N) is 2. The zero-order valence-corrected chi connectivity index (χ0v) is 13.4. The van der Waals surface area contributed by atoms with Crippen LogP contribution in [0.4, 0.5) is 5.95 Å². The highest BCUT2D eigenvalue weighted by Gasteiger charge is 2.12. The standard InChI is InChI=1S/C14H11Br2N3/c1-8-2-4-10(16)13(6-8)19-12-5-3-9(15)7-11(12)18-14(19)17/h2-7H,1H3,(H2,17,18). The maximum atomic E-state index is 6.07. The van der Waals surface area contributed by atoms with Crippen LogP contribution in [-0.2, 0) is 0 Å². The third kappa shape index (κ3) is 2.17. The number of fused-ring (bicyclic) bond motifs is 1. The van der Waals surface area contributed by atoms with Crippen LogP contribution in [0.1, 0.15) is 5.56 Å². The molecule has 5 heteroatoms. The van der Waals surface area contributed by atoms with Crippen molar-refractivity contribution in [3.05, 3.63) is 50.9 Å². The summed E-state index contributed by atoms with van der Waals surface area (Å²) in [5.41, 5.74) is 10.1. The average Bonchev–Trinajstić information content (AvgIpc) is 2.67. The molecule has 2 N–H and O–H groups in total. The van der Waals surface area contributed by atoms with Crippen LogP contribution in [0.2, 0.25) is 0 Å². The van der Waals surface area contributed by atoms with E-state index in [0.717, 1.165) is 25.7 Å². The van der Waals surface area contributed by atoms with E-state index >= 15 is 0 Å². The van der Waals surface area contributed by atoms with Gasteiger partial charge in [0.2, 0.25) is 5.95 Å². The van der Waals surface area contributed by atoms with Gasteiger partial charge in [-0.15, -0.1) is 0 Å². The van der Waals surface area contributed by atoms with E-state index in [1.54, 1.807) is 0 Å². The van der Waals surface area contributed by atoms with E-state index in [4.69, 9.17) is 5.73 Å². The summed E-state index contributed by atoms with van der Waals surface area (Å²) in [6.07, 6.45) is 0. The van der Waals surface area contributed by atoms with Gasteiger partial charge in [0, 0.05) is 8.95 Å². The second-order valence-electron chi connectivity index (χ2n) is 4.39. The molecule has 0 saturated heterocycles. The summed E-state index contributed by atoms with van der Waals surface area (Å²) in [5.74, 6) is 0.486. The lowest BCUT2D eigenvalue weighted by Crippen LogP contribution is -2.01. The Hall–Kier alpha value is -1.33. The molecule has 0 aliphatic heterocycles. The zero-order valence-electron chi connectivity index (χ0n) is 10.2. The van der Waals surface area contributed by atoms with Crippen molar-refractivity contribution >= 4 is 48.8 Å². The number of anilines is 1. The number of halogens is 2. The first-order chi connectivity index (χ1) is 9.06. The lowest BCUT2D eigenvalue weighted by Gasteiger charge is -2.10. The van der Waals surface area contributed by atoms with Crippen LogP contribution >= 0.6 is 31.9 Å². The third-order valence-electron chi connectivity index (χ3n) is 2.99. The van der Waals surface area contributed by atoms with E-state index in [1.807, 2.05) is 28.8 Å². The van der Waals surface area contributed by atoms with Crippen molar-refractivity contribution in [3.63, 3.8) is 0 Å². The van der Waals surface area contributed by atoms with Crippen LogP contribution in [0.3, 0.4) is 0 Å². The molecule has 3 rings (SSSR count). The Morgan fingerprint density at radius 3 is 2.68 bits per heavy atom. The summed E-state index contributed by atoms with van der Waals surface area (Å²) in [7, 11) is 0. The average molecular weight is 381 g/mol. The fourth-order valence-corrected chi connectivity index (χ4v) is 2.89. The summed E-state index contributed by atoms with van der Waals surface area (Å²) in [6.45, 7) is 2.06. The normalized spacial score (nSPS) is 11.1. The molecule has 1 aromatic heterocycles. The van der Waals surface area contributed by atoms with E-state index in [1.165, 1.54) is 5.56 Å². The number of aryl methyl sites for hydroxylation is 1. The van der Waals surface area contributed by atoms with Crippen molar-refractivity contribution in [1.29, 1.82) is 0 Å². The third-order valence-corrected chi connectivity index (χ3v) is 4.15. The predicted molar refractivity (Wildman–Crippen MR) is 85.6 cm³/mol. The number of nitrogens with two attached hydrogens (primary N) is 1. The van der Waals surface area contributed by atoms with Gasteiger partial charge >= 0.3 is 0 Å². The Kier molecular flexibility index (Phi) is 3.11. The van der Waals surface area contributed by atoms with Crippen molar-refractivity contribution in [1.82, 2.24) is 9.55 Å². The van der Waals surface area contributed by atoms with Gasteiger partial charge in [0.25, 0.3) is 0 Å². The van der Waals surface area contributed by atoms with Crippen LogP contribution in [0, 0.1) is 6.92 Å². The highest BCUT2D eigenvalue weighted by molar-refractivity contribution is 9.10. The first-order valence-corrected chi connectivity index (χ1v) is 7.35. The molecule has 3 nitrogen and oxygen atoms in total. The second kappa shape index (κ2) is 4.65. The molecule has 0 fully saturated rings. The number of nitrogen functional groups attached to an aromatic ring is 1. The minimum Gasteiger partial charge on any atom is -0.369 e. The molecular weight excluding hydrogens is 370 g/mol. The monoisotopic (exact) mass is 379 g/mol. The second-order valence-corrected chi connectivity index (χ2v) is 6.16. The molecule has 0 bridgehead atoms. The van der Waals surface area contributed by atoms with Gasteiger partial charge in [-0.1, -0.05) is 22.0 Å². The maximum absolute atomic E-state index is 6.07. The molecule has 0 saturated carbocycles. The van der Waals surface area contributed by atoms with Crippen LogP contribution in [0.25, 0.3) is 16.7 Å². The van der Waals surface area contributed by atoms with Crippen LogP contribution in [-0.4, -0.2) is 9.55 Å². The Morgan fingerprint density at radius 1 is 1.11 bits per heavy atom. The summed E-state index contributed by atoms with van der Waals surface area (Å²) >= 11 is 7.02. The fourth-order valence-electron chi connectivity index (χ4n) is 2.12. The molecular formula is C14H11Br2N3. The Bertz CT molecular complexity index is 778. The Morgan fingerprint density at radius 2 is 1.89 bits per heavy atom. The number of hydrogen-bond donors (Lipinski definition) is 1. The van der Waals surface area contributed by atoms with E-state index < -0.39 is 0 Å². The predicted octanol–water partition coefficient (Wildman–Crippen LogP) is 4.44. The number of imidazole rings is 1. The summed E-state index contributed by atoms with van der Waals surface area (Å²) in [4.78, 5) is 4.41. The first kappa shape index (κ1) is 12.7. The van der Waals surface area contributed by atoms with E-state index in [0.29, 0.717) is 5.95 Å². The van der Waals surface area contributed by atoms with Gasteiger partial charge in [0.1, 0.15) is 0 Å². The fraction of sp³-hybridized carbons (Fsp3) is 0.0714.